The van der Waals surface area contributed by atoms with Crippen LogP contribution < -0.4 is 0 Å². The third kappa shape index (κ3) is 69.1. The van der Waals surface area contributed by atoms with Gasteiger partial charge in [0.05, 0.1) is 0 Å². The van der Waals surface area contributed by atoms with Crippen LogP contribution in [0.4, 0.5) is 0 Å². The minimum Gasteiger partial charge on any atom is -0.462 e. The van der Waals surface area contributed by atoms with Crippen molar-refractivity contribution in [2.45, 2.75) is 451 Å². The van der Waals surface area contributed by atoms with Gasteiger partial charge in [-0.1, -0.05) is 406 Å². The molecule has 6 nitrogen and oxygen atoms in total. The van der Waals surface area contributed by atoms with E-state index in [1.807, 2.05) is 0 Å². The van der Waals surface area contributed by atoms with E-state index in [4.69, 9.17) is 14.2 Å². The summed E-state index contributed by atoms with van der Waals surface area (Å²) in [5.41, 5.74) is 0. The van der Waals surface area contributed by atoms with Crippen molar-refractivity contribution >= 4 is 17.9 Å². The molecule has 0 N–H and O–H groups in total. The number of hydrogen-bond donors (Lipinski definition) is 0. The fraction of sp³-hybridized carbons (Fsp3) is 0.960. The maximum atomic E-state index is 12.9. The number of unbranched alkanes of at least 4 members (excludes halogenated alkanes) is 60. The topological polar surface area (TPSA) is 78.9 Å². The van der Waals surface area contributed by atoms with Gasteiger partial charge in [0, 0.05) is 19.3 Å². The number of carbonyl (C=O) groups excluding carboxylic acids is 3. The Balaban J connectivity index is 3.90. The molecule has 0 aromatic carbocycles. The number of carbonyl (C=O) groups is 3. The molecule has 0 aliphatic heterocycles. The molecule has 81 heavy (non-hydrogen) atoms. The quantitative estimate of drug-likeness (QED) is 0.0343. The number of ether oxygens (including phenoxy) is 3. The van der Waals surface area contributed by atoms with E-state index in [1.54, 1.807) is 0 Å². The van der Waals surface area contributed by atoms with Gasteiger partial charge in [0.2, 0.25) is 0 Å². The van der Waals surface area contributed by atoms with Crippen molar-refractivity contribution in [1.29, 1.82) is 0 Å². The molecule has 1 atom stereocenters. The largest absolute Gasteiger partial charge is 0.462 e. The minimum atomic E-state index is -0.762. The second-order valence-corrected chi connectivity index (χ2v) is 25.9. The highest BCUT2D eigenvalue weighted by Crippen LogP contribution is 2.20. The van der Waals surface area contributed by atoms with E-state index in [0.29, 0.717) is 19.3 Å². The lowest BCUT2D eigenvalue weighted by Crippen LogP contribution is -2.30. The molecule has 0 heterocycles. The zero-order valence-corrected chi connectivity index (χ0v) is 55.6. The summed E-state index contributed by atoms with van der Waals surface area (Å²) in [6.45, 7) is 6.68. The summed E-state index contributed by atoms with van der Waals surface area (Å²) >= 11 is 0. The van der Waals surface area contributed by atoms with Crippen molar-refractivity contribution in [3.63, 3.8) is 0 Å². The molecule has 0 saturated carbocycles. The van der Waals surface area contributed by atoms with Crippen molar-refractivity contribution in [2.75, 3.05) is 13.2 Å². The second-order valence-electron chi connectivity index (χ2n) is 25.9. The molecule has 482 valence electrons. The average Bonchev–Trinajstić information content (AvgIpc) is 3.47. The number of rotatable bonds is 71. The van der Waals surface area contributed by atoms with Crippen LogP contribution in [-0.4, -0.2) is 37.2 Å². The molecule has 0 aromatic heterocycles. The summed E-state index contributed by atoms with van der Waals surface area (Å²) in [7, 11) is 0. The van der Waals surface area contributed by atoms with Crippen molar-refractivity contribution in [3.8, 4) is 0 Å². The van der Waals surface area contributed by atoms with Gasteiger partial charge < -0.3 is 14.2 Å². The van der Waals surface area contributed by atoms with Crippen LogP contribution in [0.25, 0.3) is 0 Å². The third-order valence-electron chi connectivity index (χ3n) is 17.6. The van der Waals surface area contributed by atoms with Gasteiger partial charge in [-0.25, -0.2) is 0 Å². The fourth-order valence-corrected chi connectivity index (χ4v) is 12.0. The van der Waals surface area contributed by atoms with Crippen molar-refractivity contribution in [2.24, 2.45) is 0 Å². The highest BCUT2D eigenvalue weighted by molar-refractivity contribution is 5.71. The van der Waals surface area contributed by atoms with Gasteiger partial charge in [0.25, 0.3) is 0 Å². The molecule has 0 spiro atoms. The Labute approximate surface area is 508 Å². The molecule has 0 aliphatic rings. The fourth-order valence-electron chi connectivity index (χ4n) is 12.0. The standard InChI is InChI=1S/C75H146O6/c1-4-7-10-13-16-18-20-22-24-26-28-30-32-34-36-37-38-40-41-43-45-47-49-51-53-55-57-59-62-65-68-74(77)80-71-72(70-79-73(76)67-64-61-15-12-9-6-3)81-75(78)69-66-63-60-58-56-54-52-50-48-46-44-42-39-35-33-31-29-27-25-23-21-19-17-14-11-8-5-2/h72H,4-71H2,1-3H3. The molecule has 0 aromatic rings. The molecule has 0 saturated heterocycles. The van der Waals surface area contributed by atoms with Crippen molar-refractivity contribution in [1.82, 2.24) is 0 Å². The normalized spacial score (nSPS) is 11.9. The molecule has 0 aliphatic carbocycles. The summed E-state index contributed by atoms with van der Waals surface area (Å²) in [5, 5.41) is 0. The smallest absolute Gasteiger partial charge is 0.306 e. The van der Waals surface area contributed by atoms with Gasteiger partial charge >= 0.3 is 17.9 Å². The van der Waals surface area contributed by atoms with Crippen LogP contribution in [0.15, 0.2) is 0 Å². The van der Waals surface area contributed by atoms with E-state index in [9.17, 15) is 14.4 Å². The first-order valence-corrected chi connectivity index (χ1v) is 37.5. The highest BCUT2D eigenvalue weighted by atomic mass is 16.6. The van der Waals surface area contributed by atoms with E-state index in [0.717, 1.165) is 57.8 Å². The first kappa shape index (κ1) is 79.4. The molecular weight excluding hydrogens is 997 g/mol. The average molecular weight is 1140 g/mol. The monoisotopic (exact) mass is 1140 g/mol. The van der Waals surface area contributed by atoms with Gasteiger partial charge in [0.15, 0.2) is 6.10 Å². The lowest BCUT2D eigenvalue weighted by molar-refractivity contribution is -0.167. The Morgan fingerprint density at radius 3 is 0.494 bits per heavy atom. The zero-order valence-electron chi connectivity index (χ0n) is 55.6. The molecule has 0 amide bonds. The van der Waals surface area contributed by atoms with Crippen LogP contribution in [0.3, 0.4) is 0 Å². The van der Waals surface area contributed by atoms with E-state index < -0.39 is 6.10 Å². The first-order valence-electron chi connectivity index (χ1n) is 37.5. The molecule has 0 radical (unpaired) electrons. The summed E-state index contributed by atoms with van der Waals surface area (Å²) in [4.78, 5) is 38.1. The first-order chi connectivity index (χ1) is 40.0. The molecule has 0 rings (SSSR count). The number of hydrogen-bond acceptors (Lipinski definition) is 6. The maximum Gasteiger partial charge on any atom is 0.306 e. The van der Waals surface area contributed by atoms with E-state index >= 15 is 0 Å². The van der Waals surface area contributed by atoms with Crippen LogP contribution in [0.5, 0.6) is 0 Å². The van der Waals surface area contributed by atoms with Crippen LogP contribution in [0.2, 0.25) is 0 Å². The maximum absolute atomic E-state index is 12.9. The summed E-state index contributed by atoms with van der Waals surface area (Å²) in [5.74, 6) is -0.835. The lowest BCUT2D eigenvalue weighted by atomic mass is 10.0. The molecular formula is C75H146O6. The van der Waals surface area contributed by atoms with Gasteiger partial charge in [-0.15, -0.1) is 0 Å². The Morgan fingerprint density at radius 2 is 0.333 bits per heavy atom. The zero-order chi connectivity index (χ0) is 58.5. The molecule has 1 unspecified atom stereocenters. The number of esters is 3. The van der Waals surface area contributed by atoms with Crippen LogP contribution in [-0.2, 0) is 28.6 Å². The summed E-state index contributed by atoms with van der Waals surface area (Å²) < 4.78 is 16.9. The van der Waals surface area contributed by atoms with Gasteiger partial charge in [-0.2, -0.15) is 0 Å². The Bertz CT molecular complexity index is 1220. The third-order valence-corrected chi connectivity index (χ3v) is 17.6. The van der Waals surface area contributed by atoms with Gasteiger partial charge in [-0.3, -0.25) is 14.4 Å². The van der Waals surface area contributed by atoms with Gasteiger partial charge in [-0.05, 0) is 19.3 Å². The van der Waals surface area contributed by atoms with E-state index in [-0.39, 0.29) is 31.1 Å². The highest BCUT2D eigenvalue weighted by Gasteiger charge is 2.20. The Kier molecular flexibility index (Phi) is 69.5. The SMILES string of the molecule is CCCCCCCCCCCCCCCCCCCCCCCCCCCCCCCCC(=O)OCC(COC(=O)CCCCCCCC)OC(=O)CCCCCCCCCCCCCCCCCCCCCCCCCCCCC. The predicted octanol–water partition coefficient (Wildman–Crippen LogP) is 25.8. The molecule has 0 bridgehead atoms. The molecule has 0 fully saturated rings. The Morgan fingerprint density at radius 1 is 0.198 bits per heavy atom. The van der Waals surface area contributed by atoms with Gasteiger partial charge in [0.1, 0.15) is 13.2 Å². The van der Waals surface area contributed by atoms with E-state index in [1.165, 1.54) is 347 Å². The minimum absolute atomic E-state index is 0.0615. The lowest BCUT2D eigenvalue weighted by Gasteiger charge is -2.18. The van der Waals surface area contributed by atoms with Crippen LogP contribution >= 0.6 is 0 Å². The van der Waals surface area contributed by atoms with Crippen molar-refractivity contribution < 1.29 is 28.6 Å². The van der Waals surface area contributed by atoms with Crippen molar-refractivity contribution in [3.05, 3.63) is 0 Å². The molecule has 6 heteroatoms. The second kappa shape index (κ2) is 70.9. The van der Waals surface area contributed by atoms with Crippen LogP contribution in [0, 0.1) is 0 Å². The van der Waals surface area contributed by atoms with E-state index in [2.05, 4.69) is 20.8 Å². The Hall–Kier alpha value is -1.59. The summed E-state index contributed by atoms with van der Waals surface area (Å²) in [6, 6.07) is 0. The summed E-state index contributed by atoms with van der Waals surface area (Å²) in [6.07, 6.45) is 84.9. The van der Waals surface area contributed by atoms with Crippen LogP contribution in [0.1, 0.15) is 445 Å². The predicted molar refractivity (Wildman–Crippen MR) is 354 cm³/mol.